The molecule has 7 heteroatoms. The molecule has 1 atom stereocenters. The molecule has 1 rings (SSSR count). The summed E-state index contributed by atoms with van der Waals surface area (Å²) >= 11 is 6.01. The predicted molar refractivity (Wildman–Crippen MR) is 78.4 cm³/mol. The molecule has 3 N–H and O–H groups in total. The highest BCUT2D eigenvalue weighted by Crippen LogP contribution is 2.31. The summed E-state index contributed by atoms with van der Waals surface area (Å²) in [6, 6.07) is 2.29. The first-order valence-corrected chi connectivity index (χ1v) is 6.40. The number of ether oxygens (including phenoxy) is 1. The van der Waals surface area contributed by atoms with Gasteiger partial charge in [-0.2, -0.15) is 0 Å². The van der Waals surface area contributed by atoms with Gasteiger partial charge in [-0.15, -0.1) is 0 Å². The number of amides is 3. The highest BCUT2D eigenvalue weighted by Gasteiger charge is 2.17. The number of nitrogens with one attached hydrogen (secondary N) is 3. The minimum absolute atomic E-state index is 0.445. The van der Waals surface area contributed by atoms with Crippen molar-refractivity contribution in [1.29, 1.82) is 0 Å². The summed E-state index contributed by atoms with van der Waals surface area (Å²) < 4.78 is 5.21. The van der Waals surface area contributed by atoms with E-state index >= 15 is 0 Å². The van der Waals surface area contributed by atoms with Crippen LogP contribution < -0.4 is 20.7 Å². The topological polar surface area (TPSA) is 79.5 Å². The molecule has 0 aliphatic carbocycles. The molecule has 0 bridgehead atoms. The summed E-state index contributed by atoms with van der Waals surface area (Å²) in [7, 11) is 2.95. The number of hydrogen-bond donors (Lipinski definition) is 3. The van der Waals surface area contributed by atoms with Crippen molar-refractivity contribution < 1.29 is 14.3 Å². The van der Waals surface area contributed by atoms with Gasteiger partial charge in [0.05, 0.1) is 12.8 Å². The van der Waals surface area contributed by atoms with Crippen molar-refractivity contribution in [2.75, 3.05) is 19.5 Å². The van der Waals surface area contributed by atoms with E-state index in [-0.39, 0.29) is 0 Å². The Morgan fingerprint density at radius 3 is 2.55 bits per heavy atom. The third-order valence-corrected chi connectivity index (χ3v) is 3.12. The molecule has 0 fully saturated rings. The van der Waals surface area contributed by atoms with Gasteiger partial charge < -0.3 is 15.4 Å². The number of carbonyl (C=O) groups is 2. The molecule has 0 heterocycles. The van der Waals surface area contributed by atoms with Crippen molar-refractivity contribution in [2.45, 2.75) is 19.9 Å². The van der Waals surface area contributed by atoms with Crippen LogP contribution in [0.15, 0.2) is 12.1 Å². The van der Waals surface area contributed by atoms with Gasteiger partial charge in [-0.05, 0) is 25.5 Å². The maximum Gasteiger partial charge on any atom is 0.321 e. The number of rotatable bonds is 4. The van der Waals surface area contributed by atoms with E-state index in [9.17, 15) is 9.59 Å². The van der Waals surface area contributed by atoms with Crippen LogP contribution in [0.25, 0.3) is 0 Å². The van der Waals surface area contributed by atoms with Gasteiger partial charge in [-0.3, -0.25) is 10.1 Å². The molecule has 0 unspecified atom stereocenters. The van der Waals surface area contributed by atoms with Crippen LogP contribution in [0.1, 0.15) is 12.5 Å². The second-order valence-corrected chi connectivity index (χ2v) is 4.64. The van der Waals surface area contributed by atoms with Crippen molar-refractivity contribution >= 4 is 29.2 Å². The second kappa shape index (κ2) is 7.00. The van der Waals surface area contributed by atoms with E-state index in [2.05, 4.69) is 16.0 Å². The molecule has 110 valence electrons. The molecule has 0 aliphatic heterocycles. The van der Waals surface area contributed by atoms with E-state index in [1.165, 1.54) is 14.2 Å². The van der Waals surface area contributed by atoms with Crippen LogP contribution in [0, 0.1) is 6.92 Å². The average Bonchev–Trinajstić information content (AvgIpc) is 2.42. The van der Waals surface area contributed by atoms with Gasteiger partial charge in [0.2, 0.25) is 5.91 Å². The maximum absolute atomic E-state index is 11.8. The fourth-order valence-electron chi connectivity index (χ4n) is 1.53. The molecule has 0 aromatic heterocycles. The summed E-state index contributed by atoms with van der Waals surface area (Å²) in [5.74, 6) is 0.0826. The van der Waals surface area contributed by atoms with Gasteiger partial charge >= 0.3 is 6.03 Å². The molecule has 0 spiro atoms. The molecule has 20 heavy (non-hydrogen) atoms. The third-order valence-electron chi connectivity index (χ3n) is 2.71. The first-order chi connectivity index (χ1) is 9.38. The monoisotopic (exact) mass is 299 g/mol. The van der Waals surface area contributed by atoms with Crippen molar-refractivity contribution in [3.05, 3.63) is 22.7 Å². The number of carbonyl (C=O) groups excluding carboxylic acids is 2. The second-order valence-electron chi connectivity index (χ2n) is 4.24. The molecular weight excluding hydrogens is 282 g/mol. The minimum Gasteiger partial charge on any atom is -0.495 e. The Hall–Kier alpha value is -1.95. The SMILES string of the molecule is CNC(=O)NC(=O)[C@@H](C)Nc1cc(C)c(Cl)cc1OC. The molecule has 0 radical (unpaired) electrons. The first-order valence-electron chi connectivity index (χ1n) is 6.02. The van der Waals surface area contributed by atoms with Crippen molar-refractivity contribution in [2.24, 2.45) is 0 Å². The number of aryl methyl sites for hydroxylation is 1. The standard InChI is InChI=1S/C13H18ClN3O3/c1-7-5-10(11(20-4)6-9(7)14)16-8(2)12(18)17-13(19)15-3/h5-6,8,16H,1-4H3,(H2,15,17,18,19)/t8-/m1/s1. The molecule has 1 aromatic carbocycles. The number of hydrogen-bond acceptors (Lipinski definition) is 4. The molecule has 1 aromatic rings. The highest BCUT2D eigenvalue weighted by molar-refractivity contribution is 6.31. The number of benzene rings is 1. The zero-order valence-electron chi connectivity index (χ0n) is 11.8. The summed E-state index contributed by atoms with van der Waals surface area (Å²) in [6.07, 6.45) is 0. The summed E-state index contributed by atoms with van der Waals surface area (Å²) in [6.45, 7) is 3.49. The Labute approximate surface area is 122 Å². The van der Waals surface area contributed by atoms with E-state index in [1.54, 1.807) is 19.1 Å². The largest absolute Gasteiger partial charge is 0.495 e. The van der Waals surface area contributed by atoms with Crippen LogP contribution in [0.5, 0.6) is 5.75 Å². The molecule has 3 amide bonds. The number of methoxy groups -OCH3 is 1. The van der Waals surface area contributed by atoms with Crippen molar-refractivity contribution in [3.8, 4) is 5.75 Å². The van der Waals surface area contributed by atoms with Crippen LogP contribution in [0.2, 0.25) is 5.02 Å². The normalized spacial score (nSPS) is 11.4. The summed E-state index contributed by atoms with van der Waals surface area (Å²) in [4.78, 5) is 22.9. The lowest BCUT2D eigenvalue weighted by atomic mass is 10.2. The molecule has 0 saturated heterocycles. The van der Waals surface area contributed by atoms with Crippen LogP contribution in [0.3, 0.4) is 0 Å². The van der Waals surface area contributed by atoms with Crippen molar-refractivity contribution in [3.63, 3.8) is 0 Å². The van der Waals surface area contributed by atoms with Gasteiger partial charge in [0.1, 0.15) is 11.8 Å². The molecular formula is C13H18ClN3O3. The highest BCUT2D eigenvalue weighted by atomic mass is 35.5. The average molecular weight is 300 g/mol. The molecule has 6 nitrogen and oxygen atoms in total. The van der Waals surface area contributed by atoms with E-state index in [4.69, 9.17) is 16.3 Å². The van der Waals surface area contributed by atoms with Crippen LogP contribution in [0.4, 0.5) is 10.5 Å². The lowest BCUT2D eigenvalue weighted by Crippen LogP contribution is -2.44. The van der Waals surface area contributed by atoms with Crippen LogP contribution >= 0.6 is 11.6 Å². The summed E-state index contributed by atoms with van der Waals surface area (Å²) in [5, 5.41) is 8.07. The zero-order valence-corrected chi connectivity index (χ0v) is 12.6. The number of urea groups is 1. The quantitative estimate of drug-likeness (QED) is 0.793. The Morgan fingerprint density at radius 1 is 1.35 bits per heavy atom. The van der Waals surface area contributed by atoms with Gasteiger partial charge in [-0.1, -0.05) is 11.6 Å². The van der Waals surface area contributed by atoms with Gasteiger partial charge in [0.15, 0.2) is 0 Å². The fraction of sp³-hybridized carbons (Fsp3) is 0.385. The smallest absolute Gasteiger partial charge is 0.321 e. The predicted octanol–water partition coefficient (Wildman–Crippen LogP) is 1.91. The number of anilines is 1. The van der Waals surface area contributed by atoms with Crippen LogP contribution in [-0.4, -0.2) is 32.1 Å². The minimum atomic E-state index is -0.609. The Balaban J connectivity index is 2.84. The van der Waals surface area contributed by atoms with Gasteiger partial charge in [-0.25, -0.2) is 4.79 Å². The van der Waals surface area contributed by atoms with Gasteiger partial charge in [0, 0.05) is 18.1 Å². The lowest BCUT2D eigenvalue weighted by molar-refractivity contribution is -0.120. The zero-order chi connectivity index (χ0) is 15.3. The Kier molecular flexibility index (Phi) is 5.64. The van der Waals surface area contributed by atoms with Gasteiger partial charge in [0.25, 0.3) is 0 Å². The van der Waals surface area contributed by atoms with E-state index in [0.717, 1.165) is 5.56 Å². The van der Waals surface area contributed by atoms with E-state index < -0.39 is 18.0 Å². The summed E-state index contributed by atoms with van der Waals surface area (Å²) in [5.41, 5.74) is 1.49. The fourth-order valence-corrected chi connectivity index (χ4v) is 1.68. The van der Waals surface area contributed by atoms with Crippen LogP contribution in [-0.2, 0) is 4.79 Å². The first kappa shape index (κ1) is 16.1. The number of imide groups is 1. The number of halogens is 1. The maximum atomic E-state index is 11.8. The Morgan fingerprint density at radius 2 is 2.00 bits per heavy atom. The molecule has 0 saturated carbocycles. The lowest BCUT2D eigenvalue weighted by Gasteiger charge is -2.17. The Bertz CT molecular complexity index is 520. The van der Waals surface area contributed by atoms with E-state index in [0.29, 0.717) is 16.5 Å². The molecule has 0 aliphatic rings. The van der Waals surface area contributed by atoms with Crippen molar-refractivity contribution in [1.82, 2.24) is 10.6 Å². The third kappa shape index (κ3) is 4.03. The van der Waals surface area contributed by atoms with E-state index in [1.807, 2.05) is 6.92 Å².